The number of halogens is 1. The fourth-order valence-corrected chi connectivity index (χ4v) is 3.74. The number of rotatable bonds is 5. The lowest BCUT2D eigenvalue weighted by atomic mass is 10.3. The summed E-state index contributed by atoms with van der Waals surface area (Å²) in [6.45, 7) is 1.63. The molecule has 0 saturated carbocycles. The third-order valence-corrected chi connectivity index (χ3v) is 5.27. The first-order valence-corrected chi connectivity index (χ1v) is 9.51. The molecular formula is C17H13FN4O5S. The summed E-state index contributed by atoms with van der Waals surface area (Å²) in [4.78, 5) is 16.0. The van der Waals surface area contributed by atoms with E-state index in [2.05, 4.69) is 14.9 Å². The number of oxazole rings is 1. The fraction of sp³-hybridized carbons (Fsp3) is 0.118. The Bertz CT molecular complexity index is 1340. The smallest absolute Gasteiger partial charge is 0.408 e. The van der Waals surface area contributed by atoms with Crippen molar-refractivity contribution in [3.05, 3.63) is 70.5 Å². The monoisotopic (exact) mass is 404 g/mol. The van der Waals surface area contributed by atoms with Crippen molar-refractivity contribution in [1.29, 1.82) is 0 Å². The SMILES string of the molecule is Cc1nc(Cn2c(=O)oc3cc(S(=O)(=O)Nc4cccc(F)c4)ccc32)no1. The number of nitrogens with zero attached hydrogens (tertiary/aromatic N) is 3. The summed E-state index contributed by atoms with van der Waals surface area (Å²) in [6, 6.07) is 9.03. The number of benzene rings is 2. The van der Waals surface area contributed by atoms with Gasteiger partial charge < -0.3 is 8.94 Å². The van der Waals surface area contributed by atoms with E-state index in [4.69, 9.17) is 8.94 Å². The second kappa shape index (κ2) is 6.60. The van der Waals surface area contributed by atoms with Gasteiger partial charge in [0.25, 0.3) is 10.0 Å². The van der Waals surface area contributed by atoms with Crippen molar-refractivity contribution in [2.24, 2.45) is 0 Å². The number of anilines is 1. The average Bonchev–Trinajstić information content (AvgIpc) is 3.17. The number of aromatic nitrogens is 3. The number of fused-ring (bicyclic) bond motifs is 1. The van der Waals surface area contributed by atoms with Gasteiger partial charge in [0.1, 0.15) is 5.82 Å². The van der Waals surface area contributed by atoms with Crippen molar-refractivity contribution in [3.8, 4) is 0 Å². The summed E-state index contributed by atoms with van der Waals surface area (Å²) in [7, 11) is -4.01. The molecule has 0 aliphatic rings. The second-order valence-corrected chi connectivity index (χ2v) is 7.61. The second-order valence-electron chi connectivity index (χ2n) is 5.93. The highest BCUT2D eigenvalue weighted by atomic mass is 32.2. The van der Waals surface area contributed by atoms with Crippen LogP contribution in [0.5, 0.6) is 0 Å². The molecule has 0 aliphatic carbocycles. The highest BCUT2D eigenvalue weighted by Crippen LogP contribution is 2.22. The Balaban J connectivity index is 1.69. The van der Waals surface area contributed by atoms with Crippen molar-refractivity contribution >= 4 is 26.8 Å². The molecule has 28 heavy (non-hydrogen) atoms. The van der Waals surface area contributed by atoms with E-state index >= 15 is 0 Å². The summed E-state index contributed by atoms with van der Waals surface area (Å²) in [5.41, 5.74) is 0.524. The lowest BCUT2D eigenvalue weighted by molar-refractivity contribution is 0.385. The third-order valence-electron chi connectivity index (χ3n) is 3.90. The molecule has 0 fully saturated rings. The summed E-state index contributed by atoms with van der Waals surface area (Å²) >= 11 is 0. The molecule has 0 atom stereocenters. The first-order chi connectivity index (χ1) is 13.3. The van der Waals surface area contributed by atoms with Gasteiger partial charge in [-0.25, -0.2) is 17.6 Å². The molecule has 0 bridgehead atoms. The molecule has 2 aromatic carbocycles. The van der Waals surface area contributed by atoms with E-state index in [1.807, 2.05) is 0 Å². The molecule has 144 valence electrons. The zero-order valence-corrected chi connectivity index (χ0v) is 15.2. The van der Waals surface area contributed by atoms with E-state index in [9.17, 15) is 17.6 Å². The fourth-order valence-electron chi connectivity index (χ4n) is 2.68. The normalized spacial score (nSPS) is 11.8. The summed E-state index contributed by atoms with van der Waals surface area (Å²) in [6.07, 6.45) is 0. The summed E-state index contributed by atoms with van der Waals surface area (Å²) < 4.78 is 51.9. The molecule has 4 rings (SSSR count). The van der Waals surface area contributed by atoms with Crippen LogP contribution in [0, 0.1) is 12.7 Å². The van der Waals surface area contributed by atoms with E-state index in [1.54, 1.807) is 6.92 Å². The molecule has 0 radical (unpaired) electrons. The van der Waals surface area contributed by atoms with Gasteiger partial charge >= 0.3 is 5.76 Å². The molecule has 0 spiro atoms. The number of hydrogen-bond donors (Lipinski definition) is 1. The van der Waals surface area contributed by atoms with Crippen LogP contribution in [0.25, 0.3) is 11.1 Å². The van der Waals surface area contributed by atoms with E-state index in [0.29, 0.717) is 11.4 Å². The highest BCUT2D eigenvalue weighted by Gasteiger charge is 2.19. The van der Waals surface area contributed by atoms with Gasteiger partial charge in [-0.1, -0.05) is 11.2 Å². The Labute approximate surface area is 157 Å². The highest BCUT2D eigenvalue weighted by molar-refractivity contribution is 7.92. The Morgan fingerprint density at radius 2 is 2.04 bits per heavy atom. The van der Waals surface area contributed by atoms with Gasteiger partial charge in [-0.05, 0) is 30.3 Å². The average molecular weight is 404 g/mol. The van der Waals surface area contributed by atoms with Crippen LogP contribution in [-0.2, 0) is 16.6 Å². The standard InChI is InChI=1S/C17H13FN4O5S/c1-10-19-16(20-27-10)9-22-14-6-5-13(8-15(14)26-17(22)23)28(24,25)21-12-4-2-3-11(18)7-12/h2-8,21H,9H2,1H3. The predicted molar refractivity (Wildman–Crippen MR) is 95.8 cm³/mol. The van der Waals surface area contributed by atoms with Gasteiger partial charge in [0.2, 0.25) is 5.89 Å². The quantitative estimate of drug-likeness (QED) is 0.542. The molecule has 1 N–H and O–H groups in total. The van der Waals surface area contributed by atoms with Crippen LogP contribution < -0.4 is 10.5 Å². The van der Waals surface area contributed by atoms with Crippen molar-refractivity contribution in [3.63, 3.8) is 0 Å². The lowest BCUT2D eigenvalue weighted by Gasteiger charge is -2.08. The van der Waals surface area contributed by atoms with E-state index < -0.39 is 21.6 Å². The van der Waals surface area contributed by atoms with E-state index in [-0.39, 0.29) is 28.5 Å². The van der Waals surface area contributed by atoms with Crippen LogP contribution in [0.3, 0.4) is 0 Å². The van der Waals surface area contributed by atoms with Gasteiger partial charge in [0.15, 0.2) is 11.4 Å². The van der Waals surface area contributed by atoms with Crippen LogP contribution in [0.4, 0.5) is 10.1 Å². The minimum absolute atomic E-state index is 0.0107. The van der Waals surface area contributed by atoms with Crippen molar-refractivity contribution in [2.75, 3.05) is 4.72 Å². The molecule has 11 heteroatoms. The van der Waals surface area contributed by atoms with Gasteiger partial charge in [-0.2, -0.15) is 4.98 Å². The topological polar surface area (TPSA) is 120 Å². The minimum atomic E-state index is -4.01. The Kier molecular flexibility index (Phi) is 4.23. The lowest BCUT2D eigenvalue weighted by Crippen LogP contribution is -2.15. The molecule has 9 nitrogen and oxygen atoms in total. The van der Waals surface area contributed by atoms with Crippen LogP contribution in [0.2, 0.25) is 0 Å². The summed E-state index contributed by atoms with van der Waals surface area (Å²) in [5.74, 6) is -0.625. The molecule has 0 saturated heterocycles. The van der Waals surface area contributed by atoms with E-state index in [0.717, 1.165) is 6.07 Å². The summed E-state index contributed by atoms with van der Waals surface area (Å²) in [5, 5.41) is 3.73. The van der Waals surface area contributed by atoms with Crippen molar-refractivity contribution in [2.45, 2.75) is 18.4 Å². The predicted octanol–water partition coefficient (Wildman–Crippen LogP) is 2.27. The third kappa shape index (κ3) is 3.39. The number of sulfonamides is 1. The molecule has 2 aromatic heterocycles. The van der Waals surface area contributed by atoms with Gasteiger partial charge in [0, 0.05) is 13.0 Å². The Morgan fingerprint density at radius 3 is 2.75 bits per heavy atom. The van der Waals surface area contributed by atoms with Gasteiger partial charge in [0.05, 0.1) is 22.6 Å². The maximum absolute atomic E-state index is 13.3. The first kappa shape index (κ1) is 17.9. The Morgan fingerprint density at radius 1 is 1.21 bits per heavy atom. The van der Waals surface area contributed by atoms with Gasteiger partial charge in [-0.15, -0.1) is 0 Å². The first-order valence-electron chi connectivity index (χ1n) is 8.03. The molecule has 0 amide bonds. The van der Waals surface area contributed by atoms with Crippen molar-refractivity contribution in [1.82, 2.24) is 14.7 Å². The molecule has 2 heterocycles. The number of hydrogen-bond acceptors (Lipinski definition) is 7. The maximum Gasteiger partial charge on any atom is 0.420 e. The van der Waals surface area contributed by atoms with Gasteiger partial charge in [-0.3, -0.25) is 9.29 Å². The number of nitrogens with one attached hydrogen (secondary N) is 1. The Hall–Kier alpha value is -3.47. The van der Waals surface area contributed by atoms with Crippen molar-refractivity contribution < 1.29 is 21.7 Å². The number of aryl methyl sites for hydroxylation is 1. The van der Waals surface area contributed by atoms with Crippen LogP contribution >= 0.6 is 0 Å². The molecule has 0 unspecified atom stereocenters. The molecule has 4 aromatic rings. The maximum atomic E-state index is 13.3. The zero-order valence-electron chi connectivity index (χ0n) is 14.4. The van der Waals surface area contributed by atoms with Crippen LogP contribution in [-0.4, -0.2) is 23.1 Å². The largest absolute Gasteiger partial charge is 0.420 e. The minimum Gasteiger partial charge on any atom is -0.408 e. The van der Waals surface area contributed by atoms with Crippen LogP contribution in [0.1, 0.15) is 11.7 Å². The molecular weight excluding hydrogens is 391 g/mol. The zero-order chi connectivity index (χ0) is 19.9. The van der Waals surface area contributed by atoms with Crippen LogP contribution in [0.15, 0.2) is 61.1 Å². The van der Waals surface area contributed by atoms with E-state index in [1.165, 1.54) is 41.0 Å². The molecule has 0 aliphatic heterocycles.